The van der Waals surface area contributed by atoms with Crippen LogP contribution >= 0.6 is 0 Å². The highest BCUT2D eigenvalue weighted by atomic mass is 32.2. The molecular formula is C23H19NO5S. The number of carbonyl (C=O) groups excluding carboxylic acids is 1. The average Bonchev–Trinajstić information content (AvgIpc) is 3.18. The molecule has 4 aromatic rings. The van der Waals surface area contributed by atoms with Crippen LogP contribution in [0.2, 0.25) is 0 Å². The summed E-state index contributed by atoms with van der Waals surface area (Å²) in [6.45, 7) is 0.336. The van der Waals surface area contributed by atoms with Gasteiger partial charge in [0.1, 0.15) is 12.4 Å². The Bertz CT molecular complexity index is 1300. The fraction of sp³-hybridized carbons (Fsp3) is 0.0870. The van der Waals surface area contributed by atoms with Crippen molar-refractivity contribution in [3.05, 3.63) is 96.2 Å². The molecule has 3 aromatic carbocycles. The molecule has 0 aliphatic carbocycles. The second kappa shape index (κ2) is 8.04. The third-order valence-corrected chi connectivity index (χ3v) is 6.38. The number of benzene rings is 3. The number of fused-ring (bicyclic) bond motifs is 1. The first-order valence-electron chi connectivity index (χ1n) is 9.21. The molecule has 6 nitrogen and oxygen atoms in total. The van der Waals surface area contributed by atoms with Crippen molar-refractivity contribution in [2.75, 3.05) is 7.11 Å². The fourth-order valence-electron chi connectivity index (χ4n) is 3.19. The Balaban J connectivity index is 1.81. The normalized spacial score (nSPS) is 11.4. The first-order chi connectivity index (χ1) is 14.5. The zero-order chi connectivity index (χ0) is 21.1. The van der Waals surface area contributed by atoms with E-state index in [2.05, 4.69) is 0 Å². The number of aromatic nitrogens is 1. The maximum Gasteiger partial charge on any atom is 0.340 e. The van der Waals surface area contributed by atoms with Gasteiger partial charge in [0.15, 0.2) is 0 Å². The molecule has 0 atom stereocenters. The number of ether oxygens (including phenoxy) is 2. The van der Waals surface area contributed by atoms with Crippen LogP contribution in [-0.2, 0) is 21.4 Å². The smallest absolute Gasteiger partial charge is 0.340 e. The first-order valence-corrected chi connectivity index (χ1v) is 10.7. The first kappa shape index (κ1) is 19.7. The van der Waals surface area contributed by atoms with Gasteiger partial charge in [-0.25, -0.2) is 17.2 Å². The van der Waals surface area contributed by atoms with Gasteiger partial charge in [0.2, 0.25) is 0 Å². The van der Waals surface area contributed by atoms with E-state index in [1.54, 1.807) is 36.4 Å². The van der Waals surface area contributed by atoms with Gasteiger partial charge in [0.25, 0.3) is 10.0 Å². The molecule has 0 aliphatic heterocycles. The molecule has 1 aromatic heterocycles. The van der Waals surface area contributed by atoms with E-state index in [-0.39, 0.29) is 10.5 Å². The summed E-state index contributed by atoms with van der Waals surface area (Å²) in [5.74, 6) is -0.120. The molecule has 1 heterocycles. The summed E-state index contributed by atoms with van der Waals surface area (Å²) in [4.78, 5) is 12.4. The van der Waals surface area contributed by atoms with Crippen molar-refractivity contribution in [3.63, 3.8) is 0 Å². The molecule has 4 rings (SSSR count). The monoisotopic (exact) mass is 421 g/mol. The zero-order valence-corrected chi connectivity index (χ0v) is 17.0. The van der Waals surface area contributed by atoms with E-state index >= 15 is 0 Å². The Labute approximate surface area is 174 Å². The van der Waals surface area contributed by atoms with Gasteiger partial charge in [-0.05, 0) is 29.8 Å². The van der Waals surface area contributed by atoms with Gasteiger partial charge in [0, 0.05) is 17.6 Å². The SMILES string of the molecule is COC(=O)c1cn(S(=O)(=O)c2ccccc2)c2cc(OCc3ccccc3)ccc12. The minimum atomic E-state index is -3.92. The fourth-order valence-corrected chi connectivity index (χ4v) is 4.57. The summed E-state index contributed by atoms with van der Waals surface area (Å²) < 4.78 is 38.2. The lowest BCUT2D eigenvalue weighted by molar-refractivity contribution is 0.0603. The Morgan fingerprint density at radius 3 is 2.27 bits per heavy atom. The number of nitrogens with zero attached hydrogens (tertiary/aromatic N) is 1. The number of methoxy groups -OCH3 is 1. The minimum Gasteiger partial charge on any atom is -0.489 e. The number of hydrogen-bond donors (Lipinski definition) is 0. The van der Waals surface area contributed by atoms with Crippen LogP contribution in [0.15, 0.2) is 90.0 Å². The van der Waals surface area contributed by atoms with Crippen molar-refractivity contribution in [2.24, 2.45) is 0 Å². The largest absolute Gasteiger partial charge is 0.489 e. The number of carbonyl (C=O) groups is 1. The molecule has 0 spiro atoms. The predicted octanol–water partition coefficient (Wildman–Crippen LogP) is 4.24. The quantitative estimate of drug-likeness (QED) is 0.435. The number of rotatable bonds is 6. The highest BCUT2D eigenvalue weighted by Gasteiger charge is 2.24. The van der Waals surface area contributed by atoms with E-state index in [0.717, 1.165) is 9.54 Å². The molecular weight excluding hydrogens is 402 g/mol. The zero-order valence-electron chi connectivity index (χ0n) is 16.2. The summed E-state index contributed by atoms with van der Waals surface area (Å²) in [5.41, 5.74) is 1.49. The van der Waals surface area contributed by atoms with E-state index in [4.69, 9.17) is 9.47 Å². The Morgan fingerprint density at radius 2 is 1.60 bits per heavy atom. The van der Waals surface area contributed by atoms with Crippen molar-refractivity contribution in [1.29, 1.82) is 0 Å². The third-order valence-electron chi connectivity index (χ3n) is 4.70. The lowest BCUT2D eigenvalue weighted by Gasteiger charge is -2.10. The highest BCUT2D eigenvalue weighted by Crippen LogP contribution is 2.30. The summed E-state index contributed by atoms with van der Waals surface area (Å²) in [6.07, 6.45) is 1.29. The van der Waals surface area contributed by atoms with Crippen LogP contribution in [0.4, 0.5) is 0 Å². The van der Waals surface area contributed by atoms with Crippen molar-refractivity contribution in [2.45, 2.75) is 11.5 Å². The molecule has 7 heteroatoms. The maximum atomic E-state index is 13.2. The van der Waals surface area contributed by atoms with E-state index in [0.29, 0.717) is 23.3 Å². The molecule has 152 valence electrons. The van der Waals surface area contributed by atoms with Gasteiger partial charge in [-0.1, -0.05) is 48.5 Å². The third kappa shape index (κ3) is 3.67. The predicted molar refractivity (Wildman–Crippen MR) is 113 cm³/mol. The lowest BCUT2D eigenvalue weighted by atomic mass is 10.1. The molecule has 0 amide bonds. The van der Waals surface area contributed by atoms with Crippen molar-refractivity contribution >= 4 is 26.9 Å². The number of esters is 1. The van der Waals surface area contributed by atoms with Crippen LogP contribution in [0.25, 0.3) is 10.9 Å². The average molecular weight is 421 g/mol. The molecule has 30 heavy (non-hydrogen) atoms. The summed E-state index contributed by atoms with van der Waals surface area (Å²) in [6, 6.07) is 22.7. The lowest BCUT2D eigenvalue weighted by Crippen LogP contribution is -2.12. The molecule has 0 saturated heterocycles. The molecule has 0 bridgehead atoms. The summed E-state index contributed by atoms with van der Waals surface area (Å²) in [7, 11) is -2.66. The van der Waals surface area contributed by atoms with E-state index < -0.39 is 16.0 Å². The van der Waals surface area contributed by atoms with E-state index in [1.807, 2.05) is 30.3 Å². The van der Waals surface area contributed by atoms with Gasteiger partial charge >= 0.3 is 5.97 Å². The van der Waals surface area contributed by atoms with Gasteiger partial charge < -0.3 is 9.47 Å². The van der Waals surface area contributed by atoms with Crippen molar-refractivity contribution in [1.82, 2.24) is 3.97 Å². The molecule has 0 radical (unpaired) electrons. The van der Waals surface area contributed by atoms with Crippen LogP contribution in [0.1, 0.15) is 15.9 Å². The molecule has 0 fully saturated rings. The van der Waals surface area contributed by atoms with Gasteiger partial charge in [-0.2, -0.15) is 0 Å². The second-order valence-electron chi connectivity index (χ2n) is 6.60. The summed E-state index contributed by atoms with van der Waals surface area (Å²) >= 11 is 0. The Morgan fingerprint density at radius 1 is 0.933 bits per heavy atom. The summed E-state index contributed by atoms with van der Waals surface area (Å²) in [5, 5.41) is 0.466. The van der Waals surface area contributed by atoms with Crippen LogP contribution in [0, 0.1) is 0 Å². The van der Waals surface area contributed by atoms with Crippen LogP contribution < -0.4 is 4.74 Å². The van der Waals surface area contributed by atoms with E-state index in [1.165, 1.54) is 25.4 Å². The van der Waals surface area contributed by atoms with Gasteiger partial charge in [-0.15, -0.1) is 0 Å². The molecule has 0 aliphatic rings. The van der Waals surface area contributed by atoms with Crippen LogP contribution in [-0.4, -0.2) is 25.5 Å². The molecule has 0 N–H and O–H groups in total. The highest BCUT2D eigenvalue weighted by molar-refractivity contribution is 7.90. The van der Waals surface area contributed by atoms with Crippen LogP contribution in [0.3, 0.4) is 0 Å². The maximum absolute atomic E-state index is 13.2. The van der Waals surface area contributed by atoms with Crippen LogP contribution in [0.5, 0.6) is 5.75 Å². The Kier molecular flexibility index (Phi) is 5.29. The van der Waals surface area contributed by atoms with E-state index in [9.17, 15) is 13.2 Å². The van der Waals surface area contributed by atoms with Crippen molar-refractivity contribution < 1.29 is 22.7 Å². The standard InChI is InChI=1S/C23H19NO5S/c1-28-23(25)21-15-24(30(26,27)19-10-6-3-7-11-19)22-14-18(12-13-20(21)22)29-16-17-8-4-2-5-9-17/h2-15H,16H2,1H3. The topological polar surface area (TPSA) is 74.6 Å². The Hall–Kier alpha value is -3.58. The van der Waals surface area contributed by atoms with Gasteiger partial charge in [-0.3, -0.25) is 0 Å². The second-order valence-corrected chi connectivity index (χ2v) is 8.42. The number of hydrogen-bond acceptors (Lipinski definition) is 5. The van der Waals surface area contributed by atoms with Crippen molar-refractivity contribution in [3.8, 4) is 5.75 Å². The van der Waals surface area contributed by atoms with Gasteiger partial charge in [0.05, 0.1) is 23.1 Å². The minimum absolute atomic E-state index is 0.119. The molecule has 0 saturated carbocycles. The molecule has 0 unspecified atom stereocenters.